The molecular weight excluding hydrogens is 436 g/mol. The van der Waals surface area contributed by atoms with E-state index in [0.29, 0.717) is 29.2 Å². The average molecular weight is 457 g/mol. The lowest BCUT2D eigenvalue weighted by molar-refractivity contribution is 0.213. The molecule has 3 aromatic rings. The van der Waals surface area contributed by atoms with Crippen molar-refractivity contribution in [2.45, 2.75) is 33.7 Å². The van der Waals surface area contributed by atoms with Crippen LogP contribution in [-0.4, -0.2) is 24.1 Å². The van der Waals surface area contributed by atoms with E-state index in [4.69, 9.17) is 4.74 Å². The first-order chi connectivity index (χ1) is 14.8. The summed E-state index contributed by atoms with van der Waals surface area (Å²) in [7, 11) is -2.90. The van der Waals surface area contributed by atoms with Crippen molar-refractivity contribution in [2.75, 3.05) is 0 Å². The SMILES string of the molecule is Cc1nccn1Cc1ccc(-c2cc(CC(C)C)sc2OC(=O)N=S(=O)=O)c(C#N)c1. The van der Waals surface area contributed by atoms with E-state index in [1.165, 1.54) is 11.3 Å². The van der Waals surface area contributed by atoms with Gasteiger partial charge in [-0.2, -0.15) is 13.7 Å². The maximum Gasteiger partial charge on any atom is 0.455 e. The number of nitrogens with zero attached hydrogens (tertiary/aromatic N) is 4. The number of rotatable bonds is 6. The first-order valence-electron chi connectivity index (χ1n) is 9.43. The lowest BCUT2D eigenvalue weighted by Gasteiger charge is -2.09. The summed E-state index contributed by atoms with van der Waals surface area (Å²) in [5, 5.41) is 9.97. The number of benzene rings is 1. The van der Waals surface area contributed by atoms with Crippen LogP contribution in [0.5, 0.6) is 5.06 Å². The Morgan fingerprint density at radius 2 is 2.10 bits per heavy atom. The summed E-state index contributed by atoms with van der Waals surface area (Å²) in [6.07, 6.45) is 3.11. The molecule has 0 aliphatic heterocycles. The Kier molecular flexibility index (Phi) is 6.99. The molecule has 0 aliphatic rings. The number of carbonyl (C=O) groups is 1. The van der Waals surface area contributed by atoms with Gasteiger partial charge in [-0.15, -0.1) is 11.3 Å². The molecule has 10 heteroatoms. The van der Waals surface area contributed by atoms with Crippen LogP contribution in [0.2, 0.25) is 0 Å². The van der Waals surface area contributed by atoms with Crippen molar-refractivity contribution in [3.05, 3.63) is 58.5 Å². The summed E-state index contributed by atoms with van der Waals surface area (Å²) in [5.74, 6) is 1.23. The summed E-state index contributed by atoms with van der Waals surface area (Å²) in [5.41, 5.74) is 2.51. The highest BCUT2D eigenvalue weighted by molar-refractivity contribution is 7.62. The van der Waals surface area contributed by atoms with E-state index in [0.717, 1.165) is 22.7 Å². The summed E-state index contributed by atoms with van der Waals surface area (Å²) in [6, 6.07) is 9.58. The molecule has 0 unspecified atom stereocenters. The largest absolute Gasteiger partial charge is 0.455 e. The van der Waals surface area contributed by atoms with E-state index in [-0.39, 0.29) is 5.06 Å². The minimum absolute atomic E-state index is 0.213. The van der Waals surface area contributed by atoms with Crippen LogP contribution in [0.25, 0.3) is 11.1 Å². The Labute approximate surface area is 185 Å². The maximum atomic E-state index is 11.8. The lowest BCUT2D eigenvalue weighted by atomic mass is 9.99. The van der Waals surface area contributed by atoms with E-state index in [2.05, 4.69) is 29.3 Å². The molecule has 3 rings (SSSR count). The first-order valence-corrected chi connectivity index (χ1v) is 11.3. The topological polar surface area (TPSA) is 114 Å². The molecule has 0 atom stereocenters. The number of amides is 1. The second-order valence-corrected chi connectivity index (χ2v) is 9.00. The Morgan fingerprint density at radius 3 is 2.71 bits per heavy atom. The Morgan fingerprint density at radius 1 is 1.32 bits per heavy atom. The van der Waals surface area contributed by atoms with Crippen molar-refractivity contribution in [1.82, 2.24) is 9.55 Å². The van der Waals surface area contributed by atoms with Crippen LogP contribution in [-0.2, 0) is 23.5 Å². The number of nitriles is 1. The fourth-order valence-electron chi connectivity index (χ4n) is 3.13. The highest BCUT2D eigenvalue weighted by Gasteiger charge is 2.19. The molecule has 0 bridgehead atoms. The molecular formula is C21H20N4O4S2. The molecule has 2 heterocycles. The highest BCUT2D eigenvalue weighted by Crippen LogP contribution is 2.41. The lowest BCUT2D eigenvalue weighted by Crippen LogP contribution is -2.02. The second-order valence-electron chi connectivity index (χ2n) is 7.28. The zero-order valence-corrected chi connectivity index (χ0v) is 18.8. The fourth-order valence-corrected chi connectivity index (χ4v) is 4.52. The standard InChI is InChI=1S/C21H20N4O4S2/c1-13(2)8-17-10-19(20(30-17)29-21(26)24-31(27)28)18-5-4-15(9-16(18)11-22)12-25-7-6-23-14(25)3/h4-7,9-10,13H,8,12H2,1-3H3. The van der Waals surface area contributed by atoms with Gasteiger partial charge in [0.25, 0.3) is 0 Å². The van der Waals surface area contributed by atoms with Crippen LogP contribution >= 0.6 is 11.3 Å². The van der Waals surface area contributed by atoms with Crippen molar-refractivity contribution in [3.63, 3.8) is 0 Å². The van der Waals surface area contributed by atoms with Gasteiger partial charge in [-0.25, -0.2) is 9.78 Å². The van der Waals surface area contributed by atoms with Crippen molar-refractivity contribution >= 4 is 27.9 Å². The molecule has 0 saturated carbocycles. The molecule has 1 amide bonds. The predicted octanol–water partition coefficient (Wildman–Crippen LogP) is 4.60. The van der Waals surface area contributed by atoms with E-state index in [1.807, 2.05) is 35.9 Å². The van der Waals surface area contributed by atoms with Crippen molar-refractivity contribution in [3.8, 4) is 22.3 Å². The summed E-state index contributed by atoms with van der Waals surface area (Å²) in [6.45, 7) is 6.60. The first kappa shape index (κ1) is 22.4. The highest BCUT2D eigenvalue weighted by atomic mass is 32.2. The molecule has 160 valence electrons. The normalized spacial score (nSPS) is 10.7. The molecule has 0 spiro atoms. The quantitative estimate of drug-likeness (QED) is 0.535. The van der Waals surface area contributed by atoms with Gasteiger partial charge in [0.1, 0.15) is 5.82 Å². The number of ether oxygens (including phenoxy) is 1. The third-order valence-electron chi connectivity index (χ3n) is 4.46. The summed E-state index contributed by atoms with van der Waals surface area (Å²) in [4.78, 5) is 17.0. The monoisotopic (exact) mass is 456 g/mol. The number of hydrogen-bond acceptors (Lipinski definition) is 7. The molecule has 0 radical (unpaired) electrons. The van der Waals surface area contributed by atoms with Crippen LogP contribution < -0.4 is 4.74 Å². The van der Waals surface area contributed by atoms with Gasteiger partial charge >= 0.3 is 16.6 Å². The van der Waals surface area contributed by atoms with Crippen molar-refractivity contribution < 1.29 is 17.9 Å². The number of carbonyl (C=O) groups excluding carboxylic acids is 1. The molecule has 31 heavy (non-hydrogen) atoms. The zero-order chi connectivity index (χ0) is 22.5. The number of aromatic nitrogens is 2. The minimum atomic E-state index is -2.90. The van der Waals surface area contributed by atoms with Crippen LogP contribution in [0, 0.1) is 24.2 Å². The second kappa shape index (κ2) is 9.68. The number of hydrogen-bond donors (Lipinski definition) is 0. The van der Waals surface area contributed by atoms with Crippen LogP contribution in [0.15, 0.2) is 41.0 Å². The maximum absolute atomic E-state index is 11.8. The summed E-state index contributed by atoms with van der Waals surface area (Å²) >= 11 is 1.24. The smallest absolute Gasteiger partial charge is 0.396 e. The molecule has 0 saturated heterocycles. The van der Waals surface area contributed by atoms with Crippen LogP contribution in [0.3, 0.4) is 0 Å². The fraction of sp³-hybridized carbons (Fsp3) is 0.286. The van der Waals surface area contributed by atoms with Crippen molar-refractivity contribution in [1.29, 1.82) is 5.26 Å². The van der Waals surface area contributed by atoms with E-state index >= 15 is 0 Å². The number of thiophene rings is 1. The molecule has 0 fully saturated rings. The zero-order valence-electron chi connectivity index (χ0n) is 17.2. The van der Waals surface area contributed by atoms with Crippen molar-refractivity contribution in [2.24, 2.45) is 10.3 Å². The number of aryl methyl sites for hydroxylation is 1. The van der Waals surface area contributed by atoms with Gasteiger partial charge in [0, 0.05) is 34.9 Å². The van der Waals surface area contributed by atoms with Gasteiger partial charge < -0.3 is 9.30 Å². The van der Waals surface area contributed by atoms with Gasteiger partial charge in [0.05, 0.1) is 11.6 Å². The summed E-state index contributed by atoms with van der Waals surface area (Å²) < 4.78 is 31.4. The van der Waals surface area contributed by atoms with Crippen LogP contribution in [0.1, 0.15) is 35.7 Å². The van der Waals surface area contributed by atoms with Gasteiger partial charge in [0.2, 0.25) is 0 Å². The van der Waals surface area contributed by atoms with Crippen LogP contribution in [0.4, 0.5) is 4.79 Å². The van der Waals surface area contributed by atoms with Gasteiger partial charge in [0.15, 0.2) is 5.06 Å². The third kappa shape index (κ3) is 5.65. The van der Waals surface area contributed by atoms with E-state index in [9.17, 15) is 18.5 Å². The Hall–Kier alpha value is -3.29. The predicted molar refractivity (Wildman–Crippen MR) is 116 cm³/mol. The minimum Gasteiger partial charge on any atom is -0.396 e. The third-order valence-corrected chi connectivity index (χ3v) is 5.79. The average Bonchev–Trinajstić information content (AvgIpc) is 3.26. The molecule has 2 aromatic heterocycles. The number of imidazole rings is 1. The molecule has 0 aliphatic carbocycles. The molecule has 1 aromatic carbocycles. The Bertz CT molecular complexity index is 1290. The Balaban J connectivity index is 2.02. The van der Waals surface area contributed by atoms with E-state index in [1.54, 1.807) is 12.3 Å². The van der Waals surface area contributed by atoms with E-state index < -0.39 is 16.6 Å². The molecule has 0 N–H and O–H groups in total. The van der Waals surface area contributed by atoms with Gasteiger partial charge in [-0.1, -0.05) is 30.3 Å². The van der Waals surface area contributed by atoms with Gasteiger partial charge in [-0.3, -0.25) is 0 Å². The molecule has 8 nitrogen and oxygen atoms in total. The van der Waals surface area contributed by atoms with Gasteiger partial charge in [-0.05, 0) is 37.0 Å².